The summed E-state index contributed by atoms with van der Waals surface area (Å²) in [7, 11) is -1.45. The van der Waals surface area contributed by atoms with Crippen LogP contribution >= 0.6 is 15.9 Å². The van der Waals surface area contributed by atoms with Crippen molar-refractivity contribution in [2.75, 3.05) is 0 Å². The minimum Gasteiger partial charge on any atom is -0.456 e. The molecule has 0 saturated heterocycles. The van der Waals surface area contributed by atoms with Crippen molar-refractivity contribution in [1.29, 1.82) is 0 Å². The van der Waals surface area contributed by atoms with Crippen LogP contribution in [0.25, 0.3) is 77.3 Å². The molecule has 0 fully saturated rings. The molecule has 2 aliphatic carbocycles. The van der Waals surface area contributed by atoms with Gasteiger partial charge in [0.05, 0.1) is 0 Å². The van der Waals surface area contributed by atoms with Crippen LogP contribution in [0.15, 0.2) is 183 Å². The number of fused-ring (bicyclic) bond motifs is 12. The zero-order valence-corrected chi connectivity index (χ0v) is 31.8. The van der Waals surface area contributed by atoms with Gasteiger partial charge in [-0.05, 0) is 122 Å². The molecule has 0 radical (unpaired) electrons. The van der Waals surface area contributed by atoms with E-state index >= 15 is 0 Å². The molecule has 0 bridgehead atoms. The first kappa shape index (κ1) is 34.3. The Bertz CT molecular complexity index is 3100. The predicted molar refractivity (Wildman–Crippen MR) is 233 cm³/mol. The second-order valence-corrected chi connectivity index (χ2v) is 15.3. The van der Waals surface area contributed by atoms with E-state index in [0.29, 0.717) is 5.46 Å². The van der Waals surface area contributed by atoms with E-state index in [4.69, 9.17) is 18.9 Å². The molecular weight excluding hydrogens is 755 g/mol. The van der Waals surface area contributed by atoms with Gasteiger partial charge in [-0.2, -0.15) is 0 Å². The smallest absolute Gasteiger partial charge is 0.456 e. The SMILES string of the molecule is Brc1ccc2c(c1)-c1ccccc1C2.OB(O)c1ccc2oc3ccccc3c2c1.c1ccc2c(c1)Cc1ccc(-c3ccc4oc5ccccc5c4c3)cc1-2. The fourth-order valence-corrected chi connectivity index (χ4v) is 8.57. The van der Waals surface area contributed by atoms with Gasteiger partial charge < -0.3 is 18.9 Å². The second-order valence-electron chi connectivity index (χ2n) is 14.4. The van der Waals surface area contributed by atoms with E-state index in [1.807, 2.05) is 36.4 Å². The van der Waals surface area contributed by atoms with Crippen molar-refractivity contribution in [2.24, 2.45) is 0 Å². The average Bonchev–Trinajstić information content (AvgIpc) is 4.00. The number of hydrogen-bond donors (Lipinski definition) is 2. The van der Waals surface area contributed by atoms with Gasteiger partial charge in [-0.1, -0.05) is 137 Å². The van der Waals surface area contributed by atoms with Crippen LogP contribution in [-0.2, 0) is 12.8 Å². The largest absolute Gasteiger partial charge is 0.488 e. The summed E-state index contributed by atoms with van der Waals surface area (Å²) in [4.78, 5) is 0. The van der Waals surface area contributed by atoms with Crippen molar-refractivity contribution in [3.63, 3.8) is 0 Å². The van der Waals surface area contributed by atoms with E-state index in [-0.39, 0.29) is 0 Å². The first-order valence-corrected chi connectivity index (χ1v) is 19.5. The monoisotopic (exact) mass is 788 g/mol. The third-order valence-corrected chi connectivity index (χ3v) is 11.5. The standard InChI is InChI=1S/C25H16O.C13H9Br.C12H9BO3/c1-2-6-20-18(5-1)13-19-10-9-16(14-22(19)20)17-11-12-25-23(15-17)21-7-3-4-8-24(21)26-25;14-11-6-5-10-7-9-3-1-2-4-12(9)13(10)8-11;14-13(15)8-5-6-12-10(7-8)9-3-1-2-4-11(9)16-12/h1-12,14-15H,13H2;1-6,8H,7H2;1-7,14-15H. The van der Waals surface area contributed by atoms with Gasteiger partial charge in [0, 0.05) is 26.0 Å². The summed E-state index contributed by atoms with van der Waals surface area (Å²) in [5.74, 6) is 0. The molecule has 0 unspecified atom stereocenters. The molecule has 6 heteroatoms. The molecule has 10 aromatic rings. The van der Waals surface area contributed by atoms with Crippen molar-refractivity contribution in [2.45, 2.75) is 12.8 Å². The molecular formula is C50H34BBrO4. The van der Waals surface area contributed by atoms with Crippen LogP contribution in [0, 0.1) is 0 Å². The summed E-state index contributed by atoms with van der Waals surface area (Å²) in [6, 6.07) is 58.3. The Morgan fingerprint density at radius 2 is 0.857 bits per heavy atom. The van der Waals surface area contributed by atoms with Crippen LogP contribution in [0.3, 0.4) is 0 Å². The molecule has 0 aliphatic heterocycles. The van der Waals surface area contributed by atoms with Crippen LogP contribution in [0.2, 0.25) is 0 Å². The summed E-state index contributed by atoms with van der Waals surface area (Å²) >= 11 is 3.52. The van der Waals surface area contributed by atoms with Crippen LogP contribution in [0.4, 0.5) is 0 Å². The Balaban J connectivity index is 0.000000110. The lowest BCUT2D eigenvalue weighted by molar-refractivity contribution is 0.426. The predicted octanol–water partition coefficient (Wildman–Crippen LogP) is 12.1. The molecule has 2 heterocycles. The zero-order valence-electron chi connectivity index (χ0n) is 30.2. The summed E-state index contributed by atoms with van der Waals surface area (Å²) in [6.07, 6.45) is 2.12. The average molecular weight is 790 g/mol. The van der Waals surface area contributed by atoms with Gasteiger partial charge in [-0.25, -0.2) is 0 Å². The summed E-state index contributed by atoms with van der Waals surface area (Å²) < 4.78 is 12.7. The first-order valence-electron chi connectivity index (χ1n) is 18.7. The zero-order chi connectivity index (χ0) is 37.8. The Kier molecular flexibility index (Phi) is 8.68. The molecule has 268 valence electrons. The van der Waals surface area contributed by atoms with Crippen LogP contribution in [0.1, 0.15) is 22.3 Å². The molecule has 0 amide bonds. The van der Waals surface area contributed by atoms with Crippen molar-refractivity contribution in [3.8, 4) is 33.4 Å². The Hall–Kier alpha value is -6.18. The fraction of sp³-hybridized carbons (Fsp3) is 0.0400. The Morgan fingerprint density at radius 3 is 1.50 bits per heavy atom. The van der Waals surface area contributed by atoms with Crippen LogP contribution < -0.4 is 5.46 Å². The van der Waals surface area contributed by atoms with Crippen molar-refractivity contribution < 1.29 is 18.9 Å². The number of hydrogen-bond acceptors (Lipinski definition) is 4. The fourth-order valence-electron chi connectivity index (χ4n) is 8.21. The minimum atomic E-state index is -1.45. The van der Waals surface area contributed by atoms with Gasteiger partial charge in [0.25, 0.3) is 0 Å². The second kappa shape index (κ2) is 14.2. The highest BCUT2D eigenvalue weighted by Gasteiger charge is 2.20. The lowest BCUT2D eigenvalue weighted by atomic mass is 9.80. The maximum atomic E-state index is 9.12. The topological polar surface area (TPSA) is 66.7 Å². The highest BCUT2D eigenvalue weighted by atomic mass is 79.9. The van der Waals surface area contributed by atoms with Crippen molar-refractivity contribution >= 4 is 72.4 Å². The maximum Gasteiger partial charge on any atom is 0.488 e. The van der Waals surface area contributed by atoms with Gasteiger partial charge in [0.15, 0.2) is 0 Å². The normalized spacial score (nSPS) is 12.1. The maximum absolute atomic E-state index is 9.12. The molecule has 0 spiro atoms. The Morgan fingerprint density at radius 1 is 0.393 bits per heavy atom. The van der Waals surface area contributed by atoms with Crippen LogP contribution in [0.5, 0.6) is 0 Å². The van der Waals surface area contributed by atoms with E-state index in [1.165, 1.54) is 66.4 Å². The van der Waals surface area contributed by atoms with E-state index in [1.54, 1.807) is 18.2 Å². The quantitative estimate of drug-likeness (QED) is 0.171. The van der Waals surface area contributed by atoms with E-state index in [0.717, 1.165) is 50.4 Å². The van der Waals surface area contributed by atoms with E-state index in [9.17, 15) is 0 Å². The van der Waals surface area contributed by atoms with Crippen LogP contribution in [-0.4, -0.2) is 17.2 Å². The lowest BCUT2D eigenvalue weighted by Crippen LogP contribution is -2.29. The summed E-state index contributed by atoms with van der Waals surface area (Å²) in [5, 5.41) is 22.5. The van der Waals surface area contributed by atoms with E-state index < -0.39 is 7.12 Å². The summed E-state index contributed by atoms with van der Waals surface area (Å²) in [5.41, 5.74) is 17.7. The number of halogens is 1. The van der Waals surface area contributed by atoms with Gasteiger partial charge in [0.1, 0.15) is 22.3 Å². The van der Waals surface area contributed by atoms with Gasteiger partial charge in [0.2, 0.25) is 0 Å². The summed E-state index contributed by atoms with van der Waals surface area (Å²) in [6.45, 7) is 0. The molecule has 12 rings (SSSR count). The van der Waals surface area contributed by atoms with Gasteiger partial charge in [-0.15, -0.1) is 0 Å². The van der Waals surface area contributed by atoms with Crippen molar-refractivity contribution in [1.82, 2.24) is 0 Å². The lowest BCUT2D eigenvalue weighted by Gasteiger charge is -2.06. The highest BCUT2D eigenvalue weighted by molar-refractivity contribution is 9.10. The molecule has 2 aliphatic rings. The number of benzene rings is 8. The molecule has 8 aromatic carbocycles. The Labute approximate surface area is 332 Å². The third-order valence-electron chi connectivity index (χ3n) is 11.0. The molecule has 4 nitrogen and oxygen atoms in total. The first-order chi connectivity index (χ1) is 27.5. The molecule has 2 aromatic heterocycles. The number of para-hydroxylation sites is 2. The molecule has 0 saturated carbocycles. The molecule has 0 atom stereocenters. The number of rotatable bonds is 2. The highest BCUT2D eigenvalue weighted by Crippen LogP contribution is 2.40. The van der Waals surface area contributed by atoms with Gasteiger partial charge in [-0.3, -0.25) is 0 Å². The van der Waals surface area contributed by atoms with Crippen molar-refractivity contribution in [3.05, 3.63) is 197 Å². The molecule has 2 N–H and O–H groups in total. The molecule has 56 heavy (non-hydrogen) atoms. The third kappa shape index (κ3) is 6.22. The number of furan rings is 2. The minimum absolute atomic E-state index is 0.471. The van der Waals surface area contributed by atoms with E-state index in [2.05, 4.69) is 131 Å². The van der Waals surface area contributed by atoms with Gasteiger partial charge >= 0.3 is 7.12 Å².